The SMILES string of the molecule is CC(Nc1ncnc2c1oc1ccccc12)c1nnc2n1CCCC2. The molecule has 1 aliphatic rings. The van der Waals surface area contributed by atoms with Crippen molar-refractivity contribution in [2.24, 2.45) is 0 Å². The van der Waals surface area contributed by atoms with Crippen LogP contribution in [0, 0.1) is 0 Å². The number of benzene rings is 1. The molecule has 1 N–H and O–H groups in total. The van der Waals surface area contributed by atoms with Gasteiger partial charge in [-0.3, -0.25) is 0 Å². The van der Waals surface area contributed by atoms with Crippen molar-refractivity contribution in [3.63, 3.8) is 0 Å². The summed E-state index contributed by atoms with van der Waals surface area (Å²) in [4.78, 5) is 8.78. The highest BCUT2D eigenvalue weighted by Crippen LogP contribution is 2.32. The van der Waals surface area contributed by atoms with Gasteiger partial charge in [-0.05, 0) is 31.9 Å². The van der Waals surface area contributed by atoms with Gasteiger partial charge in [-0.25, -0.2) is 9.97 Å². The minimum Gasteiger partial charge on any atom is -0.450 e. The van der Waals surface area contributed by atoms with Crippen LogP contribution in [-0.2, 0) is 13.0 Å². The first kappa shape index (κ1) is 14.4. The summed E-state index contributed by atoms with van der Waals surface area (Å²) in [6.07, 6.45) is 4.93. The Bertz CT molecular complexity index is 1070. The van der Waals surface area contributed by atoms with Gasteiger partial charge in [-0.2, -0.15) is 0 Å². The molecule has 0 aliphatic carbocycles. The second-order valence-corrected chi connectivity index (χ2v) is 6.45. The normalized spacial score (nSPS) is 15.4. The van der Waals surface area contributed by atoms with Gasteiger partial charge < -0.3 is 14.3 Å². The minimum atomic E-state index is -0.0225. The van der Waals surface area contributed by atoms with E-state index in [2.05, 4.69) is 37.0 Å². The molecule has 1 atom stereocenters. The minimum absolute atomic E-state index is 0.0225. The van der Waals surface area contributed by atoms with Crippen LogP contribution >= 0.6 is 0 Å². The lowest BCUT2D eigenvalue weighted by Crippen LogP contribution is -2.18. The van der Waals surface area contributed by atoms with Crippen molar-refractivity contribution in [2.75, 3.05) is 5.32 Å². The average Bonchev–Trinajstić information content (AvgIpc) is 3.24. The van der Waals surface area contributed by atoms with E-state index in [0.717, 1.165) is 41.1 Å². The van der Waals surface area contributed by atoms with E-state index in [1.165, 1.54) is 12.8 Å². The van der Waals surface area contributed by atoms with Gasteiger partial charge in [0.1, 0.15) is 23.3 Å². The Labute approximate surface area is 144 Å². The summed E-state index contributed by atoms with van der Waals surface area (Å²) in [6.45, 7) is 3.05. The van der Waals surface area contributed by atoms with E-state index in [1.54, 1.807) is 6.33 Å². The summed E-state index contributed by atoms with van der Waals surface area (Å²) in [5.74, 6) is 2.70. The molecule has 0 saturated carbocycles. The summed E-state index contributed by atoms with van der Waals surface area (Å²) in [6, 6.07) is 7.87. The molecule has 25 heavy (non-hydrogen) atoms. The molecule has 1 aromatic carbocycles. The smallest absolute Gasteiger partial charge is 0.196 e. The lowest BCUT2D eigenvalue weighted by atomic mass is 10.1. The highest BCUT2D eigenvalue weighted by molar-refractivity contribution is 6.05. The molecule has 0 radical (unpaired) electrons. The second-order valence-electron chi connectivity index (χ2n) is 6.45. The van der Waals surface area contributed by atoms with Crippen molar-refractivity contribution < 1.29 is 4.42 Å². The molecule has 0 amide bonds. The average molecular weight is 334 g/mol. The van der Waals surface area contributed by atoms with Gasteiger partial charge in [0.2, 0.25) is 0 Å². The number of rotatable bonds is 3. The molecule has 1 unspecified atom stereocenters. The Morgan fingerprint density at radius 1 is 1.16 bits per heavy atom. The van der Waals surface area contributed by atoms with E-state index in [9.17, 15) is 0 Å². The maximum absolute atomic E-state index is 5.98. The fourth-order valence-corrected chi connectivity index (χ4v) is 3.55. The van der Waals surface area contributed by atoms with E-state index in [4.69, 9.17) is 4.42 Å². The number of para-hydroxylation sites is 1. The van der Waals surface area contributed by atoms with E-state index >= 15 is 0 Å². The third-order valence-corrected chi connectivity index (χ3v) is 4.79. The van der Waals surface area contributed by atoms with Crippen LogP contribution in [-0.4, -0.2) is 24.7 Å². The van der Waals surface area contributed by atoms with Crippen molar-refractivity contribution in [2.45, 2.75) is 38.8 Å². The van der Waals surface area contributed by atoms with Crippen LogP contribution in [0.25, 0.3) is 22.1 Å². The number of aryl methyl sites for hydroxylation is 1. The Morgan fingerprint density at radius 3 is 3.04 bits per heavy atom. The first-order chi connectivity index (χ1) is 12.3. The van der Waals surface area contributed by atoms with Crippen LogP contribution in [0.2, 0.25) is 0 Å². The molecule has 3 aromatic heterocycles. The van der Waals surface area contributed by atoms with Crippen molar-refractivity contribution in [3.05, 3.63) is 42.2 Å². The van der Waals surface area contributed by atoms with Gasteiger partial charge in [0.15, 0.2) is 17.2 Å². The first-order valence-corrected chi connectivity index (χ1v) is 8.62. The molecule has 0 saturated heterocycles. The van der Waals surface area contributed by atoms with Crippen LogP contribution in [0.15, 0.2) is 35.0 Å². The summed E-state index contributed by atoms with van der Waals surface area (Å²) in [5.41, 5.74) is 2.31. The highest BCUT2D eigenvalue weighted by atomic mass is 16.3. The van der Waals surface area contributed by atoms with Crippen LogP contribution in [0.1, 0.15) is 37.5 Å². The molecule has 0 fully saturated rings. The molecule has 126 valence electrons. The molecular formula is C18H18N6O. The fourth-order valence-electron chi connectivity index (χ4n) is 3.55. The lowest BCUT2D eigenvalue weighted by Gasteiger charge is -2.19. The predicted octanol–water partition coefficient (Wildman–Crippen LogP) is 3.48. The maximum Gasteiger partial charge on any atom is 0.196 e. The standard InChI is InChI=1S/C18H18N6O/c1-11(18-23-22-14-8-4-5-9-24(14)18)21-17-16-15(19-10-20-17)12-6-2-3-7-13(12)25-16/h2-3,6-7,10-11H,4-5,8-9H2,1H3,(H,19,20,21). The van der Waals surface area contributed by atoms with E-state index in [1.807, 2.05) is 24.3 Å². The number of hydrogen-bond donors (Lipinski definition) is 1. The molecule has 0 bridgehead atoms. The number of anilines is 1. The van der Waals surface area contributed by atoms with Gasteiger partial charge in [-0.15, -0.1) is 10.2 Å². The fraction of sp³-hybridized carbons (Fsp3) is 0.333. The van der Waals surface area contributed by atoms with Gasteiger partial charge >= 0.3 is 0 Å². The molecular weight excluding hydrogens is 316 g/mol. The van der Waals surface area contributed by atoms with Crippen molar-refractivity contribution in [1.82, 2.24) is 24.7 Å². The number of furan rings is 1. The quantitative estimate of drug-likeness (QED) is 0.618. The van der Waals surface area contributed by atoms with Crippen LogP contribution in [0.5, 0.6) is 0 Å². The summed E-state index contributed by atoms with van der Waals surface area (Å²) in [7, 11) is 0. The van der Waals surface area contributed by atoms with Crippen molar-refractivity contribution in [1.29, 1.82) is 0 Å². The number of fused-ring (bicyclic) bond motifs is 4. The van der Waals surface area contributed by atoms with Crippen molar-refractivity contribution >= 4 is 27.9 Å². The third-order valence-electron chi connectivity index (χ3n) is 4.79. The Balaban J connectivity index is 1.54. The molecule has 7 nitrogen and oxygen atoms in total. The van der Waals surface area contributed by atoms with Crippen LogP contribution in [0.3, 0.4) is 0 Å². The predicted molar refractivity (Wildman–Crippen MR) is 94.3 cm³/mol. The molecule has 1 aliphatic heterocycles. The molecule has 0 spiro atoms. The number of aromatic nitrogens is 5. The Morgan fingerprint density at radius 2 is 2.08 bits per heavy atom. The van der Waals surface area contributed by atoms with Crippen molar-refractivity contribution in [3.8, 4) is 0 Å². The molecule has 4 aromatic rings. The van der Waals surface area contributed by atoms with Gasteiger partial charge in [-0.1, -0.05) is 12.1 Å². The zero-order chi connectivity index (χ0) is 16.8. The zero-order valence-electron chi connectivity index (χ0n) is 13.9. The lowest BCUT2D eigenvalue weighted by molar-refractivity contribution is 0.500. The van der Waals surface area contributed by atoms with Gasteiger partial charge in [0.05, 0.1) is 6.04 Å². The van der Waals surface area contributed by atoms with Gasteiger partial charge in [0, 0.05) is 18.4 Å². The van der Waals surface area contributed by atoms with E-state index in [0.29, 0.717) is 11.4 Å². The third kappa shape index (κ3) is 2.26. The maximum atomic E-state index is 5.98. The van der Waals surface area contributed by atoms with Crippen LogP contribution < -0.4 is 5.32 Å². The summed E-state index contributed by atoms with van der Waals surface area (Å²) < 4.78 is 8.20. The Hall–Kier alpha value is -2.96. The summed E-state index contributed by atoms with van der Waals surface area (Å²) >= 11 is 0. The van der Waals surface area contributed by atoms with E-state index in [-0.39, 0.29) is 6.04 Å². The summed E-state index contributed by atoms with van der Waals surface area (Å²) in [5, 5.41) is 13.2. The molecule has 5 rings (SSSR count). The zero-order valence-corrected chi connectivity index (χ0v) is 13.9. The Kier molecular flexibility index (Phi) is 3.19. The molecule has 4 heterocycles. The number of nitrogens with one attached hydrogen (secondary N) is 1. The van der Waals surface area contributed by atoms with Crippen LogP contribution in [0.4, 0.5) is 5.82 Å². The topological polar surface area (TPSA) is 81.7 Å². The largest absolute Gasteiger partial charge is 0.450 e. The number of nitrogens with zero attached hydrogens (tertiary/aromatic N) is 5. The highest BCUT2D eigenvalue weighted by Gasteiger charge is 2.22. The van der Waals surface area contributed by atoms with Gasteiger partial charge in [0.25, 0.3) is 0 Å². The number of hydrogen-bond acceptors (Lipinski definition) is 6. The second kappa shape index (κ2) is 5.54. The monoisotopic (exact) mass is 334 g/mol. The van der Waals surface area contributed by atoms with E-state index < -0.39 is 0 Å². The molecule has 7 heteroatoms. The first-order valence-electron chi connectivity index (χ1n) is 8.62.